The molecule has 0 saturated carbocycles. The van der Waals surface area contributed by atoms with Crippen LogP contribution in [0.25, 0.3) is 21.7 Å². The molecule has 1 N–H and O–H groups in total. The van der Waals surface area contributed by atoms with E-state index in [4.69, 9.17) is 4.98 Å². The number of para-hydroxylation sites is 1. The van der Waals surface area contributed by atoms with Crippen molar-refractivity contribution in [2.75, 3.05) is 0 Å². The van der Waals surface area contributed by atoms with E-state index in [0.717, 1.165) is 27.4 Å². The molecule has 4 nitrogen and oxygen atoms in total. The number of hydrogen-bond donors (Lipinski definition) is 1. The molecule has 0 aliphatic heterocycles. The predicted octanol–water partition coefficient (Wildman–Crippen LogP) is 3.69. The highest BCUT2D eigenvalue weighted by atomic mass is 32.1. The Hall–Kier alpha value is -1.75. The Morgan fingerprint density at radius 2 is 2.00 bits per heavy atom. The first-order valence-corrected chi connectivity index (χ1v) is 7.02. The topological polar surface area (TPSA) is 54.5 Å². The van der Waals surface area contributed by atoms with Gasteiger partial charge in [0.05, 0.1) is 16.7 Å². The van der Waals surface area contributed by atoms with Gasteiger partial charge in [0.2, 0.25) is 0 Å². The Morgan fingerprint density at radius 1 is 1.21 bits per heavy atom. The molecule has 19 heavy (non-hydrogen) atoms. The zero-order valence-corrected chi connectivity index (χ0v) is 12.3. The molecule has 0 bridgehead atoms. The van der Waals surface area contributed by atoms with Gasteiger partial charge in [-0.1, -0.05) is 37.4 Å². The second-order valence-electron chi connectivity index (χ2n) is 5.76. The third-order valence-corrected chi connectivity index (χ3v) is 3.86. The molecule has 3 rings (SSSR count). The maximum absolute atomic E-state index is 4.70. The van der Waals surface area contributed by atoms with Gasteiger partial charge in [-0.2, -0.15) is 0 Å². The van der Waals surface area contributed by atoms with Crippen LogP contribution in [-0.2, 0) is 5.41 Å². The number of hydrogen-bond acceptors (Lipinski definition) is 4. The molecule has 0 saturated heterocycles. The summed E-state index contributed by atoms with van der Waals surface area (Å²) in [7, 11) is 0. The van der Waals surface area contributed by atoms with Crippen LogP contribution in [0.2, 0.25) is 0 Å². The molecule has 2 aromatic heterocycles. The summed E-state index contributed by atoms with van der Waals surface area (Å²) < 4.78 is 4.09. The van der Waals surface area contributed by atoms with Gasteiger partial charge in [-0.05, 0) is 30.1 Å². The number of aryl methyl sites for hydroxylation is 1. The zero-order chi connectivity index (χ0) is 13.6. The summed E-state index contributed by atoms with van der Waals surface area (Å²) in [4.78, 5) is 9.10. The first kappa shape index (κ1) is 12.3. The van der Waals surface area contributed by atoms with Gasteiger partial charge in [0, 0.05) is 5.41 Å². The lowest BCUT2D eigenvalue weighted by Gasteiger charge is -2.15. The second-order valence-corrected chi connectivity index (χ2v) is 6.51. The van der Waals surface area contributed by atoms with Gasteiger partial charge in [-0.15, -0.1) is 5.10 Å². The van der Waals surface area contributed by atoms with Crippen LogP contribution in [0.3, 0.4) is 0 Å². The molecule has 2 heterocycles. The highest BCUT2D eigenvalue weighted by Crippen LogP contribution is 2.33. The number of aromatic nitrogens is 4. The lowest BCUT2D eigenvalue weighted by molar-refractivity contribution is 0.568. The number of aromatic amines is 1. The Morgan fingerprint density at radius 3 is 2.68 bits per heavy atom. The molecule has 5 heteroatoms. The summed E-state index contributed by atoms with van der Waals surface area (Å²) in [6.07, 6.45) is 0. The fourth-order valence-electron chi connectivity index (χ4n) is 2.12. The Bertz CT molecular complexity index is 733. The Labute approximate surface area is 116 Å². The largest absolute Gasteiger partial charge is 0.337 e. The molecule has 0 amide bonds. The number of imidazole rings is 1. The van der Waals surface area contributed by atoms with E-state index < -0.39 is 0 Å². The highest BCUT2D eigenvalue weighted by molar-refractivity contribution is 7.09. The lowest BCUT2D eigenvalue weighted by atomic mass is 9.91. The van der Waals surface area contributed by atoms with Crippen LogP contribution in [0, 0.1) is 6.92 Å². The van der Waals surface area contributed by atoms with E-state index in [1.807, 2.05) is 12.1 Å². The minimum absolute atomic E-state index is 0.0314. The van der Waals surface area contributed by atoms with Crippen molar-refractivity contribution < 1.29 is 0 Å². The van der Waals surface area contributed by atoms with Gasteiger partial charge < -0.3 is 4.98 Å². The summed E-state index contributed by atoms with van der Waals surface area (Å²) in [5.41, 5.74) is 4.22. The van der Waals surface area contributed by atoms with Gasteiger partial charge in [-0.3, -0.25) is 0 Å². The van der Waals surface area contributed by atoms with Crippen molar-refractivity contribution >= 4 is 22.6 Å². The Balaban J connectivity index is 2.21. The van der Waals surface area contributed by atoms with Crippen LogP contribution in [0.1, 0.15) is 32.0 Å². The lowest BCUT2D eigenvalue weighted by Crippen LogP contribution is -2.13. The normalized spacial score (nSPS) is 12.2. The third kappa shape index (κ3) is 2.04. The second kappa shape index (κ2) is 4.13. The SMILES string of the molecule is Cc1cccc2[nH]c(-c3snnc3C(C)(C)C)nc12. The summed E-state index contributed by atoms with van der Waals surface area (Å²) in [5.74, 6) is 0.865. The van der Waals surface area contributed by atoms with Gasteiger partial charge in [0.15, 0.2) is 5.82 Å². The Kier molecular flexibility index (Phi) is 2.67. The quantitative estimate of drug-likeness (QED) is 0.735. The van der Waals surface area contributed by atoms with Crippen LogP contribution in [-0.4, -0.2) is 19.6 Å². The maximum Gasteiger partial charge on any atom is 0.152 e. The molecule has 0 aliphatic carbocycles. The number of benzene rings is 1. The fraction of sp³-hybridized carbons (Fsp3) is 0.357. The van der Waals surface area contributed by atoms with Gasteiger partial charge >= 0.3 is 0 Å². The molecule has 0 atom stereocenters. The van der Waals surface area contributed by atoms with Crippen molar-refractivity contribution in [3.8, 4) is 10.7 Å². The minimum Gasteiger partial charge on any atom is -0.337 e. The molecule has 0 fully saturated rings. The average Bonchev–Trinajstić information content (AvgIpc) is 2.94. The maximum atomic E-state index is 4.70. The summed E-state index contributed by atoms with van der Waals surface area (Å²) in [6, 6.07) is 6.15. The molecule has 0 aliphatic rings. The number of H-pyrrole nitrogens is 1. The zero-order valence-electron chi connectivity index (χ0n) is 11.5. The number of fused-ring (bicyclic) bond motifs is 1. The van der Waals surface area contributed by atoms with Crippen molar-refractivity contribution in [3.63, 3.8) is 0 Å². The first-order chi connectivity index (χ1) is 8.97. The van der Waals surface area contributed by atoms with Crippen LogP contribution in [0.4, 0.5) is 0 Å². The third-order valence-electron chi connectivity index (χ3n) is 3.13. The average molecular weight is 272 g/mol. The van der Waals surface area contributed by atoms with Crippen molar-refractivity contribution in [1.82, 2.24) is 19.6 Å². The number of rotatable bonds is 1. The van der Waals surface area contributed by atoms with Crippen LogP contribution in [0.15, 0.2) is 18.2 Å². The minimum atomic E-state index is -0.0314. The van der Waals surface area contributed by atoms with Crippen molar-refractivity contribution in [1.29, 1.82) is 0 Å². The van der Waals surface area contributed by atoms with Crippen molar-refractivity contribution in [2.24, 2.45) is 0 Å². The standard InChI is InChI=1S/C14H16N4S/c1-8-6-5-7-9-10(8)16-13(15-9)11-12(14(2,3)4)17-18-19-11/h5-7H,1-4H3,(H,15,16). The van der Waals surface area contributed by atoms with Gasteiger partial charge in [0.25, 0.3) is 0 Å². The molecule has 3 aromatic rings. The van der Waals surface area contributed by atoms with Crippen LogP contribution >= 0.6 is 11.5 Å². The molecule has 1 aromatic carbocycles. The highest BCUT2D eigenvalue weighted by Gasteiger charge is 2.24. The molecule has 0 radical (unpaired) electrons. The van der Waals surface area contributed by atoms with Crippen molar-refractivity contribution in [3.05, 3.63) is 29.5 Å². The monoisotopic (exact) mass is 272 g/mol. The molecular formula is C14H16N4S. The van der Waals surface area contributed by atoms with Crippen LogP contribution < -0.4 is 0 Å². The van der Waals surface area contributed by atoms with E-state index in [1.165, 1.54) is 17.1 Å². The summed E-state index contributed by atoms with van der Waals surface area (Å²) in [5, 5.41) is 4.26. The number of nitrogens with zero attached hydrogens (tertiary/aromatic N) is 3. The number of nitrogens with one attached hydrogen (secondary N) is 1. The van der Waals surface area contributed by atoms with E-state index in [-0.39, 0.29) is 5.41 Å². The van der Waals surface area contributed by atoms with E-state index in [1.54, 1.807) is 0 Å². The first-order valence-electron chi connectivity index (χ1n) is 6.25. The van der Waals surface area contributed by atoms with Gasteiger partial charge in [-0.25, -0.2) is 4.98 Å². The summed E-state index contributed by atoms with van der Waals surface area (Å²) >= 11 is 1.40. The van der Waals surface area contributed by atoms with Crippen LogP contribution in [0.5, 0.6) is 0 Å². The molecular weight excluding hydrogens is 256 g/mol. The van der Waals surface area contributed by atoms with E-state index in [2.05, 4.69) is 48.3 Å². The van der Waals surface area contributed by atoms with Crippen molar-refractivity contribution in [2.45, 2.75) is 33.1 Å². The summed E-state index contributed by atoms with van der Waals surface area (Å²) in [6.45, 7) is 8.49. The van der Waals surface area contributed by atoms with E-state index in [0.29, 0.717) is 0 Å². The molecule has 98 valence electrons. The van der Waals surface area contributed by atoms with E-state index >= 15 is 0 Å². The molecule has 0 unspecified atom stereocenters. The predicted molar refractivity (Wildman–Crippen MR) is 78.4 cm³/mol. The fourth-order valence-corrected chi connectivity index (χ4v) is 2.94. The van der Waals surface area contributed by atoms with Gasteiger partial charge in [0.1, 0.15) is 4.88 Å². The smallest absolute Gasteiger partial charge is 0.152 e. The van der Waals surface area contributed by atoms with E-state index in [9.17, 15) is 0 Å². The molecule has 0 spiro atoms.